The number of aromatic carboxylic acids is 1. The summed E-state index contributed by atoms with van der Waals surface area (Å²) in [6.45, 7) is 3.96. The average Bonchev–Trinajstić information content (AvgIpc) is 2.80. The Morgan fingerprint density at radius 3 is 2.79 bits per heavy atom. The molecule has 0 aliphatic carbocycles. The first-order valence-electron chi connectivity index (χ1n) is 5.83. The van der Waals surface area contributed by atoms with Crippen LogP contribution in [0.3, 0.4) is 0 Å². The van der Waals surface area contributed by atoms with Crippen LogP contribution >= 0.6 is 0 Å². The zero-order valence-electron chi connectivity index (χ0n) is 10.7. The molecule has 3 N–H and O–H groups in total. The minimum absolute atomic E-state index is 0.0253. The van der Waals surface area contributed by atoms with E-state index in [1.807, 2.05) is 13.8 Å². The number of ether oxygens (including phenoxy) is 1. The monoisotopic (exact) mass is 261 g/mol. The van der Waals surface area contributed by atoms with Crippen molar-refractivity contribution in [3.05, 3.63) is 36.2 Å². The van der Waals surface area contributed by atoms with Gasteiger partial charge in [0.15, 0.2) is 11.5 Å². The fraction of sp³-hybridized carbons (Fsp3) is 0.231. The second-order valence-electron chi connectivity index (χ2n) is 4.38. The van der Waals surface area contributed by atoms with Crippen LogP contribution in [0, 0.1) is 0 Å². The van der Waals surface area contributed by atoms with Gasteiger partial charge in [-0.1, -0.05) is 6.07 Å². The molecular weight excluding hydrogens is 246 g/mol. The number of carboxylic acid groups (broad SMARTS) is 1. The van der Waals surface area contributed by atoms with Gasteiger partial charge in [0.25, 0.3) is 0 Å². The second kappa shape index (κ2) is 5.01. The third-order valence-corrected chi connectivity index (χ3v) is 2.60. The Balaban J connectivity index is 2.34. The van der Waals surface area contributed by atoms with Crippen LogP contribution in [-0.2, 0) is 0 Å². The minimum Gasteiger partial charge on any atom is -0.478 e. The third-order valence-electron chi connectivity index (χ3n) is 2.60. The molecule has 0 aliphatic heterocycles. The highest BCUT2D eigenvalue weighted by Crippen LogP contribution is 2.31. The number of carboxylic acids is 1. The van der Waals surface area contributed by atoms with Gasteiger partial charge in [-0.2, -0.15) is 5.10 Å². The maximum Gasteiger partial charge on any atom is 0.339 e. The number of nitrogens with two attached hydrogens (primary N) is 1. The van der Waals surface area contributed by atoms with Crippen LogP contribution in [0.1, 0.15) is 30.2 Å². The molecule has 0 atom stereocenters. The van der Waals surface area contributed by atoms with Crippen LogP contribution in [0.5, 0.6) is 11.5 Å². The zero-order chi connectivity index (χ0) is 14.0. The summed E-state index contributed by atoms with van der Waals surface area (Å²) in [5, 5.41) is 13.2. The van der Waals surface area contributed by atoms with E-state index in [2.05, 4.69) is 5.10 Å². The first-order chi connectivity index (χ1) is 8.99. The quantitative estimate of drug-likeness (QED) is 0.825. The Bertz CT molecular complexity index is 605. The molecule has 0 bridgehead atoms. The van der Waals surface area contributed by atoms with Crippen molar-refractivity contribution in [1.29, 1.82) is 0 Å². The number of aromatic nitrogens is 2. The Hall–Kier alpha value is -2.50. The molecule has 100 valence electrons. The molecule has 0 fully saturated rings. The maximum atomic E-state index is 11.1. The van der Waals surface area contributed by atoms with E-state index < -0.39 is 5.97 Å². The highest BCUT2D eigenvalue weighted by Gasteiger charge is 2.15. The van der Waals surface area contributed by atoms with Gasteiger partial charge in [0.1, 0.15) is 5.56 Å². The summed E-state index contributed by atoms with van der Waals surface area (Å²) >= 11 is 0. The first-order valence-corrected chi connectivity index (χ1v) is 5.83. The van der Waals surface area contributed by atoms with Crippen LogP contribution in [0.15, 0.2) is 30.6 Å². The second-order valence-corrected chi connectivity index (χ2v) is 4.38. The highest BCUT2D eigenvalue weighted by atomic mass is 16.5. The van der Waals surface area contributed by atoms with Crippen LogP contribution in [0.2, 0.25) is 0 Å². The maximum absolute atomic E-state index is 11.1. The summed E-state index contributed by atoms with van der Waals surface area (Å²) in [7, 11) is 0. The van der Waals surface area contributed by atoms with Crippen molar-refractivity contribution in [2.45, 2.75) is 19.9 Å². The molecule has 2 aromatic rings. The van der Waals surface area contributed by atoms with Gasteiger partial charge >= 0.3 is 5.97 Å². The van der Waals surface area contributed by atoms with E-state index in [0.717, 1.165) is 0 Å². The molecule has 0 saturated carbocycles. The molecule has 0 unspecified atom stereocenters. The molecule has 0 saturated heterocycles. The van der Waals surface area contributed by atoms with E-state index >= 15 is 0 Å². The number of hydrogen-bond donors (Lipinski definition) is 2. The Morgan fingerprint density at radius 2 is 2.21 bits per heavy atom. The number of nitrogens with zero attached hydrogens (tertiary/aromatic N) is 2. The van der Waals surface area contributed by atoms with Gasteiger partial charge in [-0.25, -0.2) is 4.79 Å². The van der Waals surface area contributed by atoms with Crippen molar-refractivity contribution >= 4 is 11.7 Å². The Morgan fingerprint density at radius 1 is 1.47 bits per heavy atom. The number of carbonyl (C=O) groups is 1. The number of anilines is 1. The summed E-state index contributed by atoms with van der Waals surface area (Å²) in [4.78, 5) is 11.1. The molecule has 19 heavy (non-hydrogen) atoms. The number of para-hydroxylation sites is 1. The van der Waals surface area contributed by atoms with E-state index in [1.54, 1.807) is 23.0 Å². The summed E-state index contributed by atoms with van der Waals surface area (Å²) in [6, 6.07) is 4.81. The lowest BCUT2D eigenvalue weighted by molar-refractivity contribution is 0.0694. The molecule has 0 spiro atoms. The number of benzene rings is 1. The molecule has 6 heteroatoms. The molecule has 6 nitrogen and oxygen atoms in total. The van der Waals surface area contributed by atoms with Crippen LogP contribution < -0.4 is 10.5 Å². The topological polar surface area (TPSA) is 90.4 Å². The third kappa shape index (κ3) is 2.67. The Kier molecular flexibility index (Phi) is 3.41. The summed E-state index contributed by atoms with van der Waals surface area (Å²) in [5.74, 6) is -0.494. The van der Waals surface area contributed by atoms with E-state index in [1.165, 1.54) is 12.3 Å². The van der Waals surface area contributed by atoms with E-state index in [0.29, 0.717) is 5.75 Å². The Labute approximate surface area is 110 Å². The highest BCUT2D eigenvalue weighted by molar-refractivity contribution is 5.93. The fourth-order valence-electron chi connectivity index (χ4n) is 1.61. The van der Waals surface area contributed by atoms with Gasteiger partial charge in [0, 0.05) is 6.04 Å². The molecule has 0 amide bonds. The van der Waals surface area contributed by atoms with Gasteiger partial charge < -0.3 is 15.6 Å². The molecule has 1 aromatic carbocycles. The van der Waals surface area contributed by atoms with Gasteiger partial charge in [0.2, 0.25) is 0 Å². The van der Waals surface area contributed by atoms with E-state index in [9.17, 15) is 4.79 Å². The van der Waals surface area contributed by atoms with Gasteiger partial charge in [-0.05, 0) is 26.0 Å². The lowest BCUT2D eigenvalue weighted by Crippen LogP contribution is -2.03. The first kappa shape index (κ1) is 12.9. The standard InChI is InChI=1S/C13H15N3O3/c1-8(2)16-7-9(6-15-16)19-12-10(13(17)18)4-3-5-11(12)14/h3-8H,14H2,1-2H3,(H,17,18). The predicted octanol–water partition coefficient (Wildman–Crippen LogP) is 2.54. The fourth-order valence-corrected chi connectivity index (χ4v) is 1.61. The van der Waals surface area contributed by atoms with Gasteiger partial charge in [-0.3, -0.25) is 4.68 Å². The van der Waals surface area contributed by atoms with Crippen molar-refractivity contribution in [2.75, 3.05) is 5.73 Å². The van der Waals surface area contributed by atoms with Gasteiger partial charge in [0.05, 0.1) is 18.1 Å². The SMILES string of the molecule is CC(C)n1cc(Oc2c(N)cccc2C(=O)O)cn1. The summed E-state index contributed by atoms with van der Waals surface area (Å²) in [5.41, 5.74) is 6.06. The largest absolute Gasteiger partial charge is 0.478 e. The number of nitrogen functional groups attached to an aromatic ring is 1. The molecule has 0 aliphatic rings. The van der Waals surface area contributed by atoms with Gasteiger partial charge in [-0.15, -0.1) is 0 Å². The summed E-state index contributed by atoms with van der Waals surface area (Å²) in [6.07, 6.45) is 3.22. The van der Waals surface area contributed by atoms with Crippen molar-refractivity contribution in [1.82, 2.24) is 9.78 Å². The number of hydrogen-bond acceptors (Lipinski definition) is 4. The van der Waals surface area contributed by atoms with Crippen molar-refractivity contribution in [2.24, 2.45) is 0 Å². The van der Waals surface area contributed by atoms with Crippen LogP contribution in [-0.4, -0.2) is 20.9 Å². The zero-order valence-corrected chi connectivity index (χ0v) is 10.7. The van der Waals surface area contributed by atoms with Crippen molar-refractivity contribution in [3.8, 4) is 11.5 Å². The smallest absolute Gasteiger partial charge is 0.339 e. The predicted molar refractivity (Wildman–Crippen MR) is 70.5 cm³/mol. The molecule has 2 rings (SSSR count). The molecule has 1 aromatic heterocycles. The van der Waals surface area contributed by atoms with Crippen molar-refractivity contribution in [3.63, 3.8) is 0 Å². The van der Waals surface area contributed by atoms with E-state index in [4.69, 9.17) is 15.6 Å². The lowest BCUT2D eigenvalue weighted by Gasteiger charge is -2.09. The molecule has 0 radical (unpaired) electrons. The van der Waals surface area contributed by atoms with Crippen LogP contribution in [0.4, 0.5) is 5.69 Å². The van der Waals surface area contributed by atoms with Crippen LogP contribution in [0.25, 0.3) is 0 Å². The molecular formula is C13H15N3O3. The molecule has 1 heterocycles. The lowest BCUT2D eigenvalue weighted by atomic mass is 10.2. The summed E-state index contributed by atoms with van der Waals surface area (Å²) < 4.78 is 7.26. The van der Waals surface area contributed by atoms with Crippen molar-refractivity contribution < 1.29 is 14.6 Å². The number of rotatable bonds is 4. The van der Waals surface area contributed by atoms with E-state index in [-0.39, 0.29) is 23.0 Å². The average molecular weight is 261 g/mol. The normalized spacial score (nSPS) is 10.7. The minimum atomic E-state index is -1.08.